The van der Waals surface area contributed by atoms with Crippen LogP contribution in [-0.4, -0.2) is 15.7 Å². The van der Waals surface area contributed by atoms with Crippen molar-refractivity contribution < 1.29 is 9.18 Å². The van der Waals surface area contributed by atoms with E-state index in [9.17, 15) is 9.18 Å². The molecule has 0 fully saturated rings. The van der Waals surface area contributed by atoms with E-state index in [1.165, 1.54) is 17.4 Å². The van der Waals surface area contributed by atoms with Gasteiger partial charge in [-0.2, -0.15) is 5.10 Å². The van der Waals surface area contributed by atoms with Gasteiger partial charge >= 0.3 is 0 Å². The first-order chi connectivity index (χ1) is 11.4. The number of aromatic nitrogens is 2. The lowest BCUT2D eigenvalue weighted by molar-refractivity contribution is 0.103. The summed E-state index contributed by atoms with van der Waals surface area (Å²) in [5, 5.41) is 7.07. The Bertz CT molecular complexity index is 887. The van der Waals surface area contributed by atoms with E-state index < -0.39 is 0 Å². The molecular formula is C16H12Br2FN3OS. The van der Waals surface area contributed by atoms with Gasteiger partial charge in [0.1, 0.15) is 5.82 Å². The minimum absolute atomic E-state index is 0.231. The lowest BCUT2D eigenvalue weighted by Crippen LogP contribution is -2.11. The molecule has 0 bridgehead atoms. The van der Waals surface area contributed by atoms with Gasteiger partial charge in [0, 0.05) is 21.1 Å². The van der Waals surface area contributed by atoms with Crippen molar-refractivity contribution in [3.8, 4) is 0 Å². The van der Waals surface area contributed by atoms with Gasteiger partial charge in [0.25, 0.3) is 5.91 Å². The van der Waals surface area contributed by atoms with Crippen LogP contribution in [0.25, 0.3) is 0 Å². The normalized spacial score (nSPS) is 10.8. The van der Waals surface area contributed by atoms with Crippen molar-refractivity contribution in [1.29, 1.82) is 0 Å². The van der Waals surface area contributed by atoms with Crippen LogP contribution in [0.5, 0.6) is 0 Å². The van der Waals surface area contributed by atoms with Crippen LogP contribution < -0.4 is 5.32 Å². The molecule has 2 heterocycles. The van der Waals surface area contributed by atoms with Crippen molar-refractivity contribution >= 4 is 54.9 Å². The fourth-order valence-electron chi connectivity index (χ4n) is 2.10. The van der Waals surface area contributed by atoms with E-state index in [1.54, 1.807) is 35.1 Å². The van der Waals surface area contributed by atoms with Crippen molar-refractivity contribution in [2.24, 2.45) is 0 Å². The molecule has 0 saturated carbocycles. The van der Waals surface area contributed by atoms with Crippen LogP contribution in [0.15, 0.2) is 45.5 Å². The second kappa shape index (κ2) is 7.16. The van der Waals surface area contributed by atoms with Gasteiger partial charge in [0.15, 0.2) is 5.82 Å². The number of carbonyl (C=O) groups is 1. The van der Waals surface area contributed by atoms with Gasteiger partial charge in [-0.25, -0.2) is 4.39 Å². The number of carbonyl (C=O) groups excluding carboxylic acids is 1. The summed E-state index contributed by atoms with van der Waals surface area (Å²) < 4.78 is 16.8. The van der Waals surface area contributed by atoms with Gasteiger partial charge < -0.3 is 5.32 Å². The number of hydrogen-bond donors (Lipinski definition) is 1. The predicted octanol–water partition coefficient (Wildman–Crippen LogP) is 5.22. The molecule has 1 N–H and O–H groups in total. The number of nitrogens with one attached hydrogen (secondary N) is 1. The standard InChI is InChI=1S/C16H12Br2FN3OS/c1-9-11(17)6-14(24-9)16(23)20-15-12(18)8-22(21-15)7-10-4-2-3-5-13(10)19/h2-6,8H,7H2,1H3,(H,20,21,23). The van der Waals surface area contributed by atoms with Gasteiger partial charge in [-0.05, 0) is 50.9 Å². The van der Waals surface area contributed by atoms with E-state index in [4.69, 9.17) is 0 Å². The zero-order valence-electron chi connectivity index (χ0n) is 12.5. The van der Waals surface area contributed by atoms with Crippen LogP contribution in [0.3, 0.4) is 0 Å². The molecule has 0 unspecified atom stereocenters. The van der Waals surface area contributed by atoms with Crippen LogP contribution in [0.2, 0.25) is 0 Å². The summed E-state index contributed by atoms with van der Waals surface area (Å²) in [5.41, 5.74) is 0.531. The quantitative estimate of drug-likeness (QED) is 0.565. The number of aryl methyl sites for hydroxylation is 1. The number of nitrogens with zero attached hydrogens (tertiary/aromatic N) is 2. The van der Waals surface area contributed by atoms with E-state index in [0.717, 1.165) is 9.35 Å². The topological polar surface area (TPSA) is 46.9 Å². The summed E-state index contributed by atoms with van der Waals surface area (Å²) in [7, 11) is 0. The molecule has 124 valence electrons. The first kappa shape index (κ1) is 17.3. The van der Waals surface area contributed by atoms with Gasteiger partial charge in [-0.15, -0.1) is 11.3 Å². The van der Waals surface area contributed by atoms with Crippen LogP contribution in [0, 0.1) is 12.7 Å². The average molecular weight is 473 g/mol. The molecule has 0 spiro atoms. The third kappa shape index (κ3) is 3.76. The highest BCUT2D eigenvalue weighted by Gasteiger charge is 2.15. The maximum atomic E-state index is 13.7. The molecule has 3 aromatic rings. The zero-order chi connectivity index (χ0) is 17.3. The molecule has 0 aliphatic rings. The lowest BCUT2D eigenvalue weighted by atomic mass is 10.2. The van der Waals surface area contributed by atoms with Crippen LogP contribution >= 0.6 is 43.2 Å². The van der Waals surface area contributed by atoms with E-state index in [-0.39, 0.29) is 18.3 Å². The maximum Gasteiger partial charge on any atom is 0.267 e. The summed E-state index contributed by atoms with van der Waals surface area (Å²) in [4.78, 5) is 13.9. The van der Waals surface area contributed by atoms with Crippen molar-refractivity contribution in [2.75, 3.05) is 5.32 Å². The number of halogens is 3. The van der Waals surface area contributed by atoms with Crippen LogP contribution in [0.1, 0.15) is 20.1 Å². The van der Waals surface area contributed by atoms with Gasteiger partial charge in [-0.3, -0.25) is 9.48 Å². The van der Waals surface area contributed by atoms with Gasteiger partial charge in [0.05, 0.1) is 15.9 Å². The fourth-order valence-corrected chi connectivity index (χ4v) is 3.95. The third-order valence-electron chi connectivity index (χ3n) is 3.32. The van der Waals surface area contributed by atoms with E-state index in [2.05, 4.69) is 42.3 Å². The Labute approximate surface area is 159 Å². The molecule has 3 rings (SSSR count). The highest BCUT2D eigenvalue weighted by molar-refractivity contribution is 9.11. The van der Waals surface area contributed by atoms with E-state index >= 15 is 0 Å². The smallest absolute Gasteiger partial charge is 0.267 e. The van der Waals surface area contributed by atoms with Crippen molar-refractivity contribution in [1.82, 2.24) is 9.78 Å². The second-order valence-electron chi connectivity index (χ2n) is 5.08. The Kier molecular flexibility index (Phi) is 5.17. The van der Waals surface area contributed by atoms with Crippen LogP contribution in [-0.2, 0) is 6.54 Å². The Morgan fingerprint density at radius 3 is 2.75 bits per heavy atom. The van der Waals surface area contributed by atoms with E-state index in [0.29, 0.717) is 20.7 Å². The van der Waals surface area contributed by atoms with Crippen molar-refractivity contribution in [3.05, 3.63) is 66.6 Å². The molecule has 1 amide bonds. The third-order valence-corrected chi connectivity index (χ3v) is 6.04. The minimum atomic E-state index is -0.284. The maximum absolute atomic E-state index is 13.7. The average Bonchev–Trinajstić information content (AvgIpc) is 3.05. The zero-order valence-corrected chi connectivity index (χ0v) is 16.5. The Morgan fingerprint density at radius 2 is 2.08 bits per heavy atom. The molecule has 0 atom stereocenters. The highest BCUT2D eigenvalue weighted by atomic mass is 79.9. The predicted molar refractivity (Wildman–Crippen MR) is 100 cm³/mol. The molecule has 2 aromatic heterocycles. The fraction of sp³-hybridized carbons (Fsp3) is 0.125. The first-order valence-electron chi connectivity index (χ1n) is 6.97. The SMILES string of the molecule is Cc1sc(C(=O)Nc2nn(Cc3ccccc3F)cc2Br)cc1Br. The Hall–Kier alpha value is -1.51. The van der Waals surface area contributed by atoms with Crippen molar-refractivity contribution in [2.45, 2.75) is 13.5 Å². The molecule has 0 saturated heterocycles. The molecule has 0 radical (unpaired) electrons. The minimum Gasteiger partial charge on any atom is -0.303 e. The Balaban J connectivity index is 1.77. The van der Waals surface area contributed by atoms with Gasteiger partial charge in [-0.1, -0.05) is 18.2 Å². The first-order valence-corrected chi connectivity index (χ1v) is 9.38. The van der Waals surface area contributed by atoms with Crippen LogP contribution in [0.4, 0.5) is 10.2 Å². The highest BCUT2D eigenvalue weighted by Crippen LogP contribution is 2.28. The van der Waals surface area contributed by atoms with Gasteiger partial charge in [0.2, 0.25) is 0 Å². The molecule has 4 nitrogen and oxygen atoms in total. The largest absolute Gasteiger partial charge is 0.303 e. The van der Waals surface area contributed by atoms with Crippen molar-refractivity contribution in [3.63, 3.8) is 0 Å². The number of amides is 1. The number of rotatable bonds is 4. The molecule has 0 aliphatic heterocycles. The second-order valence-corrected chi connectivity index (χ2v) is 8.05. The van der Waals surface area contributed by atoms with E-state index in [1.807, 2.05) is 6.92 Å². The summed E-state index contributed by atoms with van der Waals surface area (Å²) in [6.45, 7) is 2.22. The number of hydrogen-bond acceptors (Lipinski definition) is 3. The molecule has 8 heteroatoms. The summed E-state index contributed by atoms with van der Waals surface area (Å²) in [6.07, 6.45) is 1.71. The number of benzene rings is 1. The number of anilines is 1. The molecule has 0 aliphatic carbocycles. The number of thiophene rings is 1. The monoisotopic (exact) mass is 471 g/mol. The Morgan fingerprint density at radius 1 is 1.33 bits per heavy atom. The molecular weight excluding hydrogens is 461 g/mol. The lowest BCUT2D eigenvalue weighted by Gasteiger charge is -2.03. The molecule has 24 heavy (non-hydrogen) atoms. The molecule has 1 aromatic carbocycles. The summed E-state index contributed by atoms with van der Waals surface area (Å²) in [6, 6.07) is 8.31. The summed E-state index contributed by atoms with van der Waals surface area (Å²) >= 11 is 8.17. The summed E-state index contributed by atoms with van der Waals surface area (Å²) in [5.74, 6) is -0.113.